The van der Waals surface area contributed by atoms with Gasteiger partial charge in [0.25, 0.3) is 0 Å². The molecule has 1 atom stereocenters. The summed E-state index contributed by atoms with van der Waals surface area (Å²) in [4.78, 5) is 26.5. The van der Waals surface area contributed by atoms with E-state index in [2.05, 4.69) is 4.98 Å². The van der Waals surface area contributed by atoms with E-state index in [0.29, 0.717) is 5.56 Å². The number of thioether (sulfide) groups is 1. The molecule has 0 amide bonds. The SMILES string of the molecule is O=C(O)c1cccnc1S[C@@H](C(=O)O)c1ccccc1. The van der Waals surface area contributed by atoms with E-state index in [1.807, 2.05) is 0 Å². The molecule has 0 saturated heterocycles. The number of carboxylic acid groups (broad SMARTS) is 2. The van der Waals surface area contributed by atoms with Crippen LogP contribution in [0.15, 0.2) is 53.7 Å². The fraction of sp³-hybridized carbons (Fsp3) is 0.0714. The number of carbonyl (C=O) groups is 2. The van der Waals surface area contributed by atoms with E-state index < -0.39 is 17.2 Å². The molecule has 0 unspecified atom stereocenters. The maximum Gasteiger partial charge on any atom is 0.338 e. The Hall–Kier alpha value is -2.34. The van der Waals surface area contributed by atoms with Crippen LogP contribution in [-0.2, 0) is 4.79 Å². The molecular formula is C14H11NO4S. The van der Waals surface area contributed by atoms with E-state index in [9.17, 15) is 14.7 Å². The van der Waals surface area contributed by atoms with E-state index in [0.717, 1.165) is 11.8 Å². The third-order valence-electron chi connectivity index (χ3n) is 2.56. The van der Waals surface area contributed by atoms with Crippen LogP contribution in [0.25, 0.3) is 0 Å². The van der Waals surface area contributed by atoms with Crippen molar-refractivity contribution in [1.29, 1.82) is 0 Å². The summed E-state index contributed by atoms with van der Waals surface area (Å²) in [5.74, 6) is -2.17. The molecule has 0 aliphatic carbocycles. The summed E-state index contributed by atoms with van der Waals surface area (Å²) < 4.78 is 0. The molecule has 2 N–H and O–H groups in total. The number of hydrogen-bond donors (Lipinski definition) is 2. The van der Waals surface area contributed by atoms with Crippen LogP contribution in [0.4, 0.5) is 0 Å². The number of carboxylic acids is 2. The quantitative estimate of drug-likeness (QED) is 0.823. The molecule has 0 aliphatic rings. The second-order valence-corrected chi connectivity index (χ2v) is 5.00. The first-order chi connectivity index (χ1) is 9.59. The summed E-state index contributed by atoms with van der Waals surface area (Å²) in [6.07, 6.45) is 1.44. The van der Waals surface area contributed by atoms with Crippen molar-refractivity contribution in [3.8, 4) is 0 Å². The highest BCUT2D eigenvalue weighted by atomic mass is 32.2. The highest BCUT2D eigenvalue weighted by Crippen LogP contribution is 2.35. The number of benzene rings is 1. The van der Waals surface area contributed by atoms with E-state index in [4.69, 9.17) is 5.11 Å². The second-order valence-electron chi connectivity index (χ2n) is 3.91. The molecule has 2 aromatic rings. The molecule has 0 radical (unpaired) electrons. The average Bonchev–Trinajstić information content (AvgIpc) is 2.45. The van der Waals surface area contributed by atoms with Crippen LogP contribution in [0.5, 0.6) is 0 Å². The first-order valence-electron chi connectivity index (χ1n) is 5.72. The molecule has 0 aliphatic heterocycles. The summed E-state index contributed by atoms with van der Waals surface area (Å²) >= 11 is 0.913. The minimum absolute atomic E-state index is 0.000295. The summed E-state index contributed by atoms with van der Waals surface area (Å²) in [5, 5.41) is 17.7. The van der Waals surface area contributed by atoms with Crippen molar-refractivity contribution in [2.24, 2.45) is 0 Å². The molecule has 6 heteroatoms. The second kappa shape index (κ2) is 6.21. The predicted octanol–water partition coefficient (Wildman–Crippen LogP) is 2.70. The number of aromatic nitrogens is 1. The van der Waals surface area contributed by atoms with Crippen LogP contribution in [0.3, 0.4) is 0 Å². The normalized spacial score (nSPS) is 11.8. The highest BCUT2D eigenvalue weighted by molar-refractivity contribution is 8.00. The summed E-state index contributed by atoms with van der Waals surface area (Å²) in [6, 6.07) is 11.6. The van der Waals surface area contributed by atoms with Crippen LogP contribution in [-0.4, -0.2) is 27.1 Å². The molecular weight excluding hydrogens is 278 g/mol. The van der Waals surface area contributed by atoms with Gasteiger partial charge in [0.05, 0.1) is 5.56 Å². The van der Waals surface area contributed by atoms with Crippen molar-refractivity contribution in [3.63, 3.8) is 0 Å². The molecule has 0 fully saturated rings. The van der Waals surface area contributed by atoms with Gasteiger partial charge in [0.1, 0.15) is 10.3 Å². The smallest absolute Gasteiger partial charge is 0.338 e. The highest BCUT2D eigenvalue weighted by Gasteiger charge is 2.24. The van der Waals surface area contributed by atoms with Gasteiger partial charge in [-0.2, -0.15) is 0 Å². The minimum Gasteiger partial charge on any atom is -0.480 e. The molecule has 20 heavy (non-hydrogen) atoms. The third kappa shape index (κ3) is 3.16. The Labute approximate surface area is 119 Å². The summed E-state index contributed by atoms with van der Waals surface area (Å²) in [6.45, 7) is 0. The number of aliphatic carboxylic acids is 1. The van der Waals surface area contributed by atoms with Crippen LogP contribution in [0.1, 0.15) is 21.2 Å². The maximum atomic E-state index is 11.4. The van der Waals surface area contributed by atoms with Gasteiger partial charge in [0, 0.05) is 6.20 Å². The fourth-order valence-electron chi connectivity index (χ4n) is 1.65. The van der Waals surface area contributed by atoms with E-state index >= 15 is 0 Å². The van der Waals surface area contributed by atoms with E-state index in [-0.39, 0.29) is 10.6 Å². The Morgan fingerprint density at radius 2 is 1.75 bits per heavy atom. The van der Waals surface area contributed by atoms with Crippen LogP contribution in [0, 0.1) is 0 Å². The Morgan fingerprint density at radius 1 is 1.05 bits per heavy atom. The van der Waals surface area contributed by atoms with Gasteiger partial charge in [-0.15, -0.1) is 0 Å². The van der Waals surface area contributed by atoms with Gasteiger partial charge < -0.3 is 10.2 Å². The number of hydrogen-bond acceptors (Lipinski definition) is 4. The topological polar surface area (TPSA) is 87.5 Å². The van der Waals surface area contributed by atoms with Crippen molar-refractivity contribution in [2.75, 3.05) is 0 Å². The van der Waals surface area contributed by atoms with Crippen molar-refractivity contribution in [2.45, 2.75) is 10.3 Å². The Bertz CT molecular complexity index is 630. The van der Waals surface area contributed by atoms with Crippen molar-refractivity contribution in [1.82, 2.24) is 4.98 Å². The monoisotopic (exact) mass is 289 g/mol. The lowest BCUT2D eigenvalue weighted by molar-refractivity contribution is -0.136. The van der Waals surface area contributed by atoms with Gasteiger partial charge in [-0.3, -0.25) is 4.79 Å². The average molecular weight is 289 g/mol. The van der Waals surface area contributed by atoms with Gasteiger partial charge in [0.15, 0.2) is 0 Å². The summed E-state index contributed by atoms with van der Waals surface area (Å²) in [5.41, 5.74) is 0.590. The molecule has 0 bridgehead atoms. The van der Waals surface area contributed by atoms with E-state index in [1.165, 1.54) is 18.3 Å². The third-order valence-corrected chi connectivity index (χ3v) is 3.82. The van der Waals surface area contributed by atoms with Gasteiger partial charge in [-0.05, 0) is 17.7 Å². The van der Waals surface area contributed by atoms with Crippen molar-refractivity contribution in [3.05, 3.63) is 59.8 Å². The number of aromatic carboxylic acids is 1. The van der Waals surface area contributed by atoms with Gasteiger partial charge in [-0.25, -0.2) is 9.78 Å². The number of rotatable bonds is 5. The lowest BCUT2D eigenvalue weighted by atomic mass is 10.1. The van der Waals surface area contributed by atoms with Crippen LogP contribution >= 0.6 is 11.8 Å². The Morgan fingerprint density at radius 3 is 2.35 bits per heavy atom. The molecule has 0 saturated carbocycles. The van der Waals surface area contributed by atoms with Crippen molar-refractivity contribution < 1.29 is 19.8 Å². The van der Waals surface area contributed by atoms with Gasteiger partial charge in [-0.1, -0.05) is 42.1 Å². The fourth-order valence-corrected chi connectivity index (χ4v) is 2.67. The predicted molar refractivity (Wildman–Crippen MR) is 73.9 cm³/mol. The Kier molecular flexibility index (Phi) is 4.37. The largest absolute Gasteiger partial charge is 0.480 e. The zero-order valence-corrected chi connectivity index (χ0v) is 11.1. The first-order valence-corrected chi connectivity index (χ1v) is 6.60. The molecule has 1 heterocycles. The maximum absolute atomic E-state index is 11.4. The van der Waals surface area contributed by atoms with E-state index in [1.54, 1.807) is 30.3 Å². The first kappa shape index (κ1) is 14.1. The molecule has 102 valence electrons. The van der Waals surface area contributed by atoms with Crippen molar-refractivity contribution >= 4 is 23.7 Å². The van der Waals surface area contributed by atoms with Gasteiger partial charge >= 0.3 is 11.9 Å². The Balaban J connectivity index is 2.35. The zero-order valence-electron chi connectivity index (χ0n) is 10.3. The molecule has 0 spiro atoms. The molecule has 2 rings (SSSR count). The van der Waals surface area contributed by atoms with Crippen LogP contribution < -0.4 is 0 Å². The van der Waals surface area contributed by atoms with Crippen LogP contribution in [0.2, 0.25) is 0 Å². The zero-order chi connectivity index (χ0) is 14.5. The molecule has 1 aromatic carbocycles. The summed E-state index contributed by atoms with van der Waals surface area (Å²) in [7, 11) is 0. The standard InChI is InChI=1S/C14H11NO4S/c16-13(17)10-7-4-8-15-12(10)20-11(14(18)19)9-5-2-1-3-6-9/h1-8,11H,(H,16,17)(H,18,19)/t11-/m1/s1. The lowest BCUT2D eigenvalue weighted by Crippen LogP contribution is -2.09. The molecule has 5 nitrogen and oxygen atoms in total. The van der Waals surface area contributed by atoms with Gasteiger partial charge in [0.2, 0.25) is 0 Å². The number of pyridine rings is 1. The molecule has 1 aromatic heterocycles. The minimum atomic E-state index is -1.13. The lowest BCUT2D eigenvalue weighted by Gasteiger charge is -2.12. The number of nitrogens with zero attached hydrogens (tertiary/aromatic N) is 1.